The molecule has 1 aliphatic carbocycles. The Balaban J connectivity index is 1.80. The minimum atomic E-state index is -0.242. The second-order valence-electron chi connectivity index (χ2n) is 4.77. The van der Waals surface area contributed by atoms with Crippen LogP contribution in [0.3, 0.4) is 0 Å². The highest BCUT2D eigenvalue weighted by Gasteiger charge is 2.16. The van der Waals surface area contributed by atoms with Crippen molar-refractivity contribution < 1.29 is 4.79 Å². The van der Waals surface area contributed by atoms with Gasteiger partial charge in [-0.2, -0.15) is 10.2 Å². The highest BCUT2D eigenvalue weighted by molar-refractivity contribution is 6.02. The van der Waals surface area contributed by atoms with Crippen molar-refractivity contribution in [1.29, 1.82) is 0 Å². The maximum atomic E-state index is 12.1. The zero-order chi connectivity index (χ0) is 13.2. The van der Waals surface area contributed by atoms with Crippen LogP contribution < -0.4 is 5.32 Å². The van der Waals surface area contributed by atoms with Crippen LogP contribution in [0.5, 0.6) is 0 Å². The Morgan fingerprint density at radius 3 is 2.95 bits per heavy atom. The Hall–Kier alpha value is -2.24. The largest absolute Gasteiger partial charge is 0.318 e. The number of amides is 1. The molecule has 6 nitrogen and oxygen atoms in total. The Morgan fingerprint density at radius 1 is 1.32 bits per heavy atom. The van der Waals surface area contributed by atoms with Crippen LogP contribution in [0.25, 0.3) is 0 Å². The van der Waals surface area contributed by atoms with Gasteiger partial charge in [-0.05, 0) is 37.3 Å². The Bertz CT molecular complexity index is 619. The average molecular weight is 257 g/mol. The molecule has 2 aromatic rings. The third-order valence-electron chi connectivity index (χ3n) is 3.27. The minimum absolute atomic E-state index is 0.242. The summed E-state index contributed by atoms with van der Waals surface area (Å²) in [6, 6.07) is 1.85. The molecule has 0 unspecified atom stereocenters. The van der Waals surface area contributed by atoms with Gasteiger partial charge in [0.15, 0.2) is 5.69 Å². The number of nitrogens with one attached hydrogen (secondary N) is 1. The minimum Gasteiger partial charge on any atom is -0.318 e. The smallest absolute Gasteiger partial charge is 0.276 e. The number of fused-ring (bicyclic) bond motifs is 1. The predicted octanol–water partition coefficient (Wildman–Crippen LogP) is 1.34. The maximum Gasteiger partial charge on any atom is 0.276 e. The van der Waals surface area contributed by atoms with Crippen molar-refractivity contribution in [3.05, 3.63) is 35.4 Å². The molecule has 2 aromatic heterocycles. The van der Waals surface area contributed by atoms with Gasteiger partial charge in [0, 0.05) is 13.2 Å². The van der Waals surface area contributed by atoms with Crippen molar-refractivity contribution in [3.63, 3.8) is 0 Å². The second-order valence-corrected chi connectivity index (χ2v) is 4.77. The molecule has 0 aliphatic heterocycles. The fraction of sp³-hybridized carbons (Fsp3) is 0.385. The first-order valence-electron chi connectivity index (χ1n) is 6.38. The zero-order valence-corrected chi connectivity index (χ0v) is 10.8. The van der Waals surface area contributed by atoms with Crippen LogP contribution >= 0.6 is 0 Å². The van der Waals surface area contributed by atoms with Crippen LogP contribution in [0.2, 0.25) is 0 Å². The molecule has 0 atom stereocenters. The fourth-order valence-corrected chi connectivity index (χ4v) is 2.28. The molecule has 1 N–H and O–H groups in total. The molecule has 0 aromatic carbocycles. The summed E-state index contributed by atoms with van der Waals surface area (Å²) in [5, 5.41) is 14.9. The van der Waals surface area contributed by atoms with Crippen LogP contribution in [0.1, 0.15) is 34.6 Å². The number of carbonyl (C=O) groups is 1. The molecule has 98 valence electrons. The zero-order valence-electron chi connectivity index (χ0n) is 10.8. The normalized spacial score (nSPS) is 13.9. The first kappa shape index (κ1) is 11.8. The topological polar surface area (TPSA) is 72.7 Å². The molecule has 0 saturated heterocycles. The van der Waals surface area contributed by atoms with Crippen molar-refractivity contribution in [2.24, 2.45) is 7.05 Å². The summed E-state index contributed by atoms with van der Waals surface area (Å²) < 4.78 is 1.63. The van der Waals surface area contributed by atoms with E-state index in [1.807, 2.05) is 6.07 Å². The molecule has 0 radical (unpaired) electrons. The van der Waals surface area contributed by atoms with E-state index in [2.05, 4.69) is 20.6 Å². The van der Waals surface area contributed by atoms with Crippen molar-refractivity contribution in [1.82, 2.24) is 20.0 Å². The van der Waals surface area contributed by atoms with E-state index in [1.165, 1.54) is 0 Å². The van der Waals surface area contributed by atoms with Gasteiger partial charge in [-0.1, -0.05) is 0 Å². The van der Waals surface area contributed by atoms with E-state index in [-0.39, 0.29) is 5.91 Å². The van der Waals surface area contributed by atoms with Gasteiger partial charge in [-0.3, -0.25) is 9.48 Å². The number of rotatable bonds is 2. The molecule has 0 bridgehead atoms. The molecule has 19 heavy (non-hydrogen) atoms. The number of aromatic nitrogens is 4. The summed E-state index contributed by atoms with van der Waals surface area (Å²) in [5.74, 6) is -0.242. The molecular weight excluding hydrogens is 242 g/mol. The van der Waals surface area contributed by atoms with E-state index >= 15 is 0 Å². The number of anilines is 1. The van der Waals surface area contributed by atoms with Crippen molar-refractivity contribution in [2.45, 2.75) is 25.7 Å². The summed E-state index contributed by atoms with van der Waals surface area (Å²) in [7, 11) is 1.80. The van der Waals surface area contributed by atoms with Gasteiger partial charge in [0.05, 0.1) is 17.6 Å². The Labute approximate surface area is 110 Å². The third-order valence-corrected chi connectivity index (χ3v) is 3.27. The SMILES string of the molecule is Cn1cc(NC(=O)c2cc3c(nn2)CCCC3)cn1. The summed E-state index contributed by atoms with van der Waals surface area (Å²) in [6.45, 7) is 0. The predicted molar refractivity (Wildman–Crippen MR) is 69.8 cm³/mol. The summed E-state index contributed by atoms with van der Waals surface area (Å²) in [5.41, 5.74) is 3.21. The molecular formula is C13H15N5O. The molecule has 3 rings (SSSR count). The first-order valence-corrected chi connectivity index (χ1v) is 6.38. The lowest BCUT2D eigenvalue weighted by atomic mass is 9.96. The van der Waals surface area contributed by atoms with E-state index in [0.717, 1.165) is 36.9 Å². The van der Waals surface area contributed by atoms with E-state index in [1.54, 1.807) is 24.1 Å². The Morgan fingerprint density at radius 2 is 2.16 bits per heavy atom. The standard InChI is InChI=1S/C13H15N5O/c1-18-8-10(7-14-18)15-13(19)12-6-9-4-2-3-5-11(9)16-17-12/h6-8H,2-5H2,1H3,(H,15,19). The van der Waals surface area contributed by atoms with E-state index in [4.69, 9.17) is 0 Å². The lowest BCUT2D eigenvalue weighted by Crippen LogP contribution is -2.17. The van der Waals surface area contributed by atoms with Crippen molar-refractivity contribution in [2.75, 3.05) is 5.32 Å². The van der Waals surface area contributed by atoms with Crippen molar-refractivity contribution >= 4 is 11.6 Å². The van der Waals surface area contributed by atoms with Crippen LogP contribution in [0.4, 0.5) is 5.69 Å². The van der Waals surface area contributed by atoms with Crippen LogP contribution in [-0.4, -0.2) is 25.9 Å². The Kier molecular flexibility index (Phi) is 2.98. The maximum absolute atomic E-state index is 12.1. The van der Waals surface area contributed by atoms with Crippen molar-refractivity contribution in [3.8, 4) is 0 Å². The van der Waals surface area contributed by atoms with Gasteiger partial charge >= 0.3 is 0 Å². The molecule has 1 amide bonds. The molecule has 2 heterocycles. The number of carbonyl (C=O) groups excluding carboxylic acids is 1. The van der Waals surface area contributed by atoms with E-state index in [9.17, 15) is 4.79 Å². The lowest BCUT2D eigenvalue weighted by molar-refractivity contribution is 0.102. The molecule has 6 heteroatoms. The number of hydrogen-bond acceptors (Lipinski definition) is 4. The highest BCUT2D eigenvalue weighted by atomic mass is 16.1. The average Bonchev–Trinajstić information content (AvgIpc) is 2.83. The summed E-state index contributed by atoms with van der Waals surface area (Å²) in [6.07, 6.45) is 7.60. The summed E-state index contributed by atoms with van der Waals surface area (Å²) in [4.78, 5) is 12.1. The van der Waals surface area contributed by atoms with Gasteiger partial charge in [0.2, 0.25) is 0 Å². The lowest BCUT2D eigenvalue weighted by Gasteiger charge is -2.13. The van der Waals surface area contributed by atoms with Gasteiger partial charge in [0.25, 0.3) is 5.91 Å². The van der Waals surface area contributed by atoms with Crippen LogP contribution in [-0.2, 0) is 19.9 Å². The second kappa shape index (κ2) is 4.79. The van der Waals surface area contributed by atoms with Gasteiger partial charge in [0.1, 0.15) is 0 Å². The first-order chi connectivity index (χ1) is 9.22. The molecule has 0 spiro atoms. The van der Waals surface area contributed by atoms with E-state index in [0.29, 0.717) is 11.4 Å². The number of nitrogens with zero attached hydrogens (tertiary/aromatic N) is 4. The van der Waals surface area contributed by atoms with Gasteiger partial charge in [-0.15, -0.1) is 5.10 Å². The van der Waals surface area contributed by atoms with E-state index < -0.39 is 0 Å². The molecule has 0 saturated carbocycles. The molecule has 1 aliphatic rings. The van der Waals surface area contributed by atoms with Gasteiger partial charge in [-0.25, -0.2) is 0 Å². The third kappa shape index (κ3) is 2.47. The van der Waals surface area contributed by atoms with Crippen LogP contribution in [0.15, 0.2) is 18.5 Å². The van der Waals surface area contributed by atoms with Crippen LogP contribution in [0, 0.1) is 0 Å². The monoisotopic (exact) mass is 257 g/mol. The highest BCUT2D eigenvalue weighted by Crippen LogP contribution is 2.19. The fourth-order valence-electron chi connectivity index (χ4n) is 2.28. The summed E-state index contributed by atoms with van der Waals surface area (Å²) >= 11 is 0. The number of aryl methyl sites for hydroxylation is 3. The number of hydrogen-bond donors (Lipinski definition) is 1. The molecule has 0 fully saturated rings. The quantitative estimate of drug-likeness (QED) is 0.881. The van der Waals surface area contributed by atoms with Gasteiger partial charge < -0.3 is 5.32 Å².